The predicted octanol–water partition coefficient (Wildman–Crippen LogP) is 0.495. The summed E-state index contributed by atoms with van der Waals surface area (Å²) in [7, 11) is 0. The molecule has 0 saturated heterocycles. The molecule has 0 spiro atoms. The van der Waals surface area contributed by atoms with Gasteiger partial charge in [0.1, 0.15) is 0 Å². The van der Waals surface area contributed by atoms with Crippen molar-refractivity contribution in [1.82, 2.24) is 5.32 Å². The summed E-state index contributed by atoms with van der Waals surface area (Å²) in [6.07, 6.45) is 3.14. The summed E-state index contributed by atoms with van der Waals surface area (Å²) in [5.74, 6) is 0.0922. The molecule has 0 aromatic heterocycles. The average molecular weight is 246 g/mol. The van der Waals surface area contributed by atoms with Crippen molar-refractivity contribution < 1.29 is 4.79 Å². The fourth-order valence-corrected chi connectivity index (χ4v) is 1.36. The molecule has 0 aliphatic carbocycles. The Morgan fingerprint density at radius 3 is 2.17 bits per heavy atom. The van der Waals surface area contributed by atoms with Gasteiger partial charge in [0.2, 0.25) is 0 Å². The molecule has 1 aromatic carbocycles. The third-order valence-corrected chi connectivity index (χ3v) is 2.27. The predicted molar refractivity (Wildman–Crippen MR) is 73.1 cm³/mol. The Morgan fingerprint density at radius 1 is 1.11 bits per heavy atom. The van der Waals surface area contributed by atoms with E-state index in [1.54, 1.807) is 30.3 Å². The molecular weight excluding hydrogens is 228 g/mol. The molecule has 1 rings (SSSR count). The smallest absolute Gasteiger partial charge is 0.251 e. The van der Waals surface area contributed by atoms with Gasteiger partial charge in [-0.15, -0.1) is 0 Å². The largest absolute Gasteiger partial charge is 0.398 e. The highest BCUT2D eigenvalue weighted by Crippen LogP contribution is 2.10. The van der Waals surface area contributed by atoms with Crippen molar-refractivity contribution in [1.29, 1.82) is 0 Å². The lowest BCUT2D eigenvalue weighted by Crippen LogP contribution is -2.22. The van der Waals surface area contributed by atoms with E-state index in [1.807, 2.05) is 6.92 Å². The van der Waals surface area contributed by atoms with E-state index in [0.29, 0.717) is 17.8 Å². The molecule has 1 aromatic rings. The van der Waals surface area contributed by atoms with Crippen molar-refractivity contribution in [3.05, 3.63) is 53.4 Å². The van der Waals surface area contributed by atoms with Crippen molar-refractivity contribution in [2.45, 2.75) is 6.92 Å². The van der Waals surface area contributed by atoms with Gasteiger partial charge in [0.15, 0.2) is 0 Å². The molecule has 0 heterocycles. The molecule has 0 atom stereocenters. The van der Waals surface area contributed by atoms with Gasteiger partial charge in [0.25, 0.3) is 5.91 Å². The highest BCUT2D eigenvalue weighted by molar-refractivity contribution is 5.94. The Balaban J connectivity index is 2.86. The van der Waals surface area contributed by atoms with Crippen molar-refractivity contribution in [3.63, 3.8) is 0 Å². The van der Waals surface area contributed by atoms with Crippen molar-refractivity contribution in [2.24, 2.45) is 17.2 Å². The minimum Gasteiger partial charge on any atom is -0.398 e. The quantitative estimate of drug-likeness (QED) is 0.580. The van der Waals surface area contributed by atoms with E-state index in [2.05, 4.69) is 5.32 Å². The first-order valence-corrected chi connectivity index (χ1v) is 5.61. The van der Waals surface area contributed by atoms with Gasteiger partial charge in [0, 0.05) is 17.8 Å². The van der Waals surface area contributed by atoms with Crippen LogP contribution in [0.3, 0.4) is 0 Å². The van der Waals surface area contributed by atoms with Crippen LogP contribution in [0, 0.1) is 0 Å². The summed E-state index contributed by atoms with van der Waals surface area (Å²) in [5.41, 5.74) is 18.4. The third kappa shape index (κ3) is 3.86. The number of hydrogen-bond acceptors (Lipinski definition) is 4. The van der Waals surface area contributed by atoms with Gasteiger partial charge in [-0.05, 0) is 36.8 Å². The van der Waals surface area contributed by atoms with Crippen LogP contribution in [0.15, 0.2) is 42.2 Å². The maximum atomic E-state index is 11.5. The number of carbonyl (C=O) groups is 1. The SMILES string of the molecule is CCNC(=O)c1ccc(/C(N)=C/C=C(N)N)cc1. The summed E-state index contributed by atoms with van der Waals surface area (Å²) in [5, 5.41) is 2.72. The summed E-state index contributed by atoms with van der Waals surface area (Å²) < 4.78 is 0. The van der Waals surface area contributed by atoms with Crippen LogP contribution >= 0.6 is 0 Å². The van der Waals surface area contributed by atoms with Crippen LogP contribution in [-0.2, 0) is 0 Å². The standard InChI is InChI=1S/C13H18N4O/c1-2-17-13(18)10-5-3-9(4-6-10)11(14)7-8-12(15)16/h3-8H,2,14-16H2,1H3,(H,17,18)/b11-7-. The zero-order valence-corrected chi connectivity index (χ0v) is 10.3. The van der Waals surface area contributed by atoms with E-state index in [4.69, 9.17) is 17.2 Å². The number of amides is 1. The first-order valence-electron chi connectivity index (χ1n) is 5.61. The molecule has 0 bridgehead atoms. The second kappa shape index (κ2) is 6.34. The second-order valence-corrected chi connectivity index (χ2v) is 3.73. The molecule has 96 valence electrons. The Bertz CT molecular complexity index is 470. The molecule has 0 aliphatic rings. The molecular formula is C13H18N4O. The van der Waals surface area contributed by atoms with E-state index in [1.165, 1.54) is 6.08 Å². The molecule has 0 radical (unpaired) electrons. The second-order valence-electron chi connectivity index (χ2n) is 3.73. The van der Waals surface area contributed by atoms with Crippen molar-refractivity contribution in [2.75, 3.05) is 6.54 Å². The molecule has 7 N–H and O–H groups in total. The highest BCUT2D eigenvalue weighted by atomic mass is 16.1. The molecule has 0 fully saturated rings. The molecule has 5 nitrogen and oxygen atoms in total. The first kappa shape index (κ1) is 13.6. The Hall–Kier alpha value is -2.43. The maximum absolute atomic E-state index is 11.5. The van der Waals surface area contributed by atoms with E-state index in [-0.39, 0.29) is 11.7 Å². The van der Waals surface area contributed by atoms with Crippen LogP contribution in [0.25, 0.3) is 5.70 Å². The third-order valence-electron chi connectivity index (χ3n) is 2.27. The summed E-state index contributed by atoms with van der Waals surface area (Å²) in [4.78, 5) is 11.5. The lowest BCUT2D eigenvalue weighted by molar-refractivity contribution is 0.0956. The van der Waals surface area contributed by atoms with Gasteiger partial charge in [-0.2, -0.15) is 0 Å². The van der Waals surface area contributed by atoms with Crippen LogP contribution in [0.2, 0.25) is 0 Å². The van der Waals surface area contributed by atoms with Crippen LogP contribution in [0.4, 0.5) is 0 Å². The number of allylic oxidation sites excluding steroid dienone is 2. The lowest BCUT2D eigenvalue weighted by Gasteiger charge is -2.04. The monoisotopic (exact) mass is 246 g/mol. The van der Waals surface area contributed by atoms with Gasteiger partial charge in [0.05, 0.1) is 5.82 Å². The molecule has 5 heteroatoms. The molecule has 0 saturated carbocycles. The van der Waals surface area contributed by atoms with Gasteiger partial charge >= 0.3 is 0 Å². The summed E-state index contributed by atoms with van der Waals surface area (Å²) >= 11 is 0. The number of rotatable bonds is 4. The minimum absolute atomic E-state index is 0.0994. The average Bonchev–Trinajstić information content (AvgIpc) is 2.36. The zero-order valence-electron chi connectivity index (χ0n) is 10.3. The van der Waals surface area contributed by atoms with Gasteiger partial charge in [-0.3, -0.25) is 4.79 Å². The topological polar surface area (TPSA) is 107 Å². The Kier molecular flexibility index (Phi) is 4.80. The fourth-order valence-electron chi connectivity index (χ4n) is 1.36. The highest BCUT2D eigenvalue weighted by Gasteiger charge is 2.03. The first-order chi connectivity index (χ1) is 8.54. The van der Waals surface area contributed by atoms with Crippen molar-refractivity contribution >= 4 is 11.6 Å². The fraction of sp³-hybridized carbons (Fsp3) is 0.154. The number of benzene rings is 1. The molecule has 1 amide bonds. The lowest BCUT2D eigenvalue weighted by atomic mass is 10.1. The minimum atomic E-state index is -0.0994. The van der Waals surface area contributed by atoms with Gasteiger partial charge in [-0.1, -0.05) is 12.1 Å². The van der Waals surface area contributed by atoms with Crippen LogP contribution < -0.4 is 22.5 Å². The van der Waals surface area contributed by atoms with E-state index < -0.39 is 0 Å². The maximum Gasteiger partial charge on any atom is 0.251 e. The van der Waals surface area contributed by atoms with Crippen LogP contribution in [0.5, 0.6) is 0 Å². The normalized spacial score (nSPS) is 10.8. The molecule has 0 aliphatic heterocycles. The van der Waals surface area contributed by atoms with E-state index in [9.17, 15) is 4.79 Å². The molecule has 18 heavy (non-hydrogen) atoms. The Morgan fingerprint density at radius 2 is 1.67 bits per heavy atom. The summed E-state index contributed by atoms with van der Waals surface area (Å²) in [6.45, 7) is 2.47. The zero-order chi connectivity index (χ0) is 13.5. The van der Waals surface area contributed by atoms with Gasteiger partial charge in [-0.25, -0.2) is 0 Å². The number of nitrogens with one attached hydrogen (secondary N) is 1. The number of hydrogen-bond donors (Lipinski definition) is 4. The summed E-state index contributed by atoms with van der Waals surface area (Å²) in [6, 6.07) is 6.99. The van der Waals surface area contributed by atoms with Crippen molar-refractivity contribution in [3.8, 4) is 0 Å². The molecule has 0 unspecified atom stereocenters. The van der Waals surface area contributed by atoms with E-state index >= 15 is 0 Å². The number of nitrogens with two attached hydrogens (primary N) is 3. The van der Waals surface area contributed by atoms with Crippen LogP contribution in [0.1, 0.15) is 22.8 Å². The van der Waals surface area contributed by atoms with Gasteiger partial charge < -0.3 is 22.5 Å². The van der Waals surface area contributed by atoms with E-state index in [0.717, 1.165) is 5.56 Å². The Labute approximate surface area is 106 Å². The number of carbonyl (C=O) groups excluding carboxylic acids is 1. The van der Waals surface area contributed by atoms with Crippen LogP contribution in [-0.4, -0.2) is 12.5 Å².